The maximum atomic E-state index is 14.1. The second kappa shape index (κ2) is 20.2. The van der Waals surface area contributed by atoms with Crippen LogP contribution in [0.5, 0.6) is 40.2 Å². The molecule has 9 N–H and O–H groups in total. The molecule has 1 aromatic heterocycles. The fourth-order valence-electron chi connectivity index (χ4n) is 9.91. The average Bonchev–Trinajstić information content (AvgIpc) is 3.83. The molecular formula is C54H53N5O16. The normalized spacial score (nSPS) is 20.9. The molecule has 2 heterocycles. The number of nitrogens with zero attached hydrogens (tertiary/aromatic N) is 3. The molecule has 4 unspecified atom stereocenters. The van der Waals surface area contributed by atoms with E-state index in [0.29, 0.717) is 29.3 Å². The molecule has 9 rings (SSSR count). The second-order valence-electron chi connectivity index (χ2n) is 18.8. The highest BCUT2D eigenvalue weighted by atomic mass is 16.7. The maximum absolute atomic E-state index is 14.1. The Hall–Kier alpha value is -8.21. The van der Waals surface area contributed by atoms with Crippen LogP contribution in [0.1, 0.15) is 122 Å². The molecule has 6 atom stereocenters. The van der Waals surface area contributed by atoms with E-state index in [1.807, 2.05) is 13.8 Å². The Morgan fingerprint density at radius 3 is 2.20 bits per heavy atom. The zero-order valence-electron chi connectivity index (χ0n) is 41.2. The van der Waals surface area contributed by atoms with Crippen LogP contribution in [0.25, 0.3) is 17.1 Å². The molecule has 2 amide bonds. The minimum Gasteiger partial charge on any atom is -0.508 e. The number of rotatable bonds is 14. The van der Waals surface area contributed by atoms with Crippen LogP contribution in [-0.4, -0.2) is 130 Å². The van der Waals surface area contributed by atoms with Crippen LogP contribution in [0.3, 0.4) is 0 Å². The Kier molecular flexibility index (Phi) is 14.0. The molecule has 21 heteroatoms. The smallest absolute Gasteiger partial charge is 0.289 e. The first-order valence-corrected chi connectivity index (χ1v) is 24.0. The summed E-state index contributed by atoms with van der Waals surface area (Å²) in [5.74, 6) is -4.98. The van der Waals surface area contributed by atoms with Gasteiger partial charge in [0, 0.05) is 59.8 Å². The quantitative estimate of drug-likeness (QED) is 0.0661. The maximum Gasteiger partial charge on any atom is 0.289 e. The van der Waals surface area contributed by atoms with Gasteiger partial charge in [0.25, 0.3) is 11.8 Å². The van der Waals surface area contributed by atoms with Crippen molar-refractivity contribution < 1.29 is 78.7 Å². The number of phenolic OH excluding ortho intramolecular Hbond substituents is 4. The molecule has 1 aliphatic heterocycles. The van der Waals surface area contributed by atoms with Gasteiger partial charge >= 0.3 is 0 Å². The van der Waals surface area contributed by atoms with Gasteiger partial charge in [0.2, 0.25) is 11.6 Å². The highest BCUT2D eigenvalue weighted by Crippen LogP contribution is 2.53. The van der Waals surface area contributed by atoms with Gasteiger partial charge in [-0.3, -0.25) is 28.5 Å². The monoisotopic (exact) mass is 1030 g/mol. The van der Waals surface area contributed by atoms with Gasteiger partial charge in [-0.05, 0) is 86.0 Å². The average molecular weight is 1030 g/mol. The summed E-state index contributed by atoms with van der Waals surface area (Å²) >= 11 is 0. The number of phenols is 4. The summed E-state index contributed by atoms with van der Waals surface area (Å²) < 4.78 is 25.2. The topological polar surface area (TPSA) is 319 Å². The van der Waals surface area contributed by atoms with E-state index in [2.05, 4.69) is 20.8 Å². The van der Waals surface area contributed by atoms with E-state index in [-0.39, 0.29) is 74.6 Å². The van der Waals surface area contributed by atoms with Crippen molar-refractivity contribution in [2.45, 2.75) is 89.1 Å². The van der Waals surface area contributed by atoms with Gasteiger partial charge in [-0.2, -0.15) is 0 Å². The fraction of sp³-hybridized carbons (Fsp3) is 0.315. The first-order valence-electron chi connectivity index (χ1n) is 24.0. The number of benzene rings is 5. The third kappa shape index (κ3) is 9.29. The Bertz CT molecular complexity index is 3280. The standard InChI is InChI=1S/C54H53N5O16/c1-6-55-53(70)51-58-57-50(32-18-31(24(2)3)35(61)20-36(32)62)59(51)27-12-16-29(17-13-27)74-28-14-10-26(11-15-28)52(69)56-34-19-40(73-25(4)45(34)64)75-38-22-54(71,39(63)23-60)21-33-42(38)49(68)44-43(47(33)66)46(65)30-8-7-9-37(72-5)41(30)48(44)67/h7-18,20,24-25,34,38,40,45,60-62,64,66,68,71H,6,19,21-23H2,1-5H3,(H,55,70)(H,56,69)/t25?,34?,38-,40?,45?,54-/m0/s1. The van der Waals surface area contributed by atoms with Crippen molar-refractivity contribution in [3.63, 3.8) is 0 Å². The number of carbonyl (C=O) groups excluding carboxylic acids is 5. The van der Waals surface area contributed by atoms with Crippen LogP contribution in [-0.2, 0) is 20.7 Å². The van der Waals surface area contributed by atoms with E-state index >= 15 is 0 Å². The number of aliphatic hydroxyl groups excluding tert-OH is 2. The molecular weight excluding hydrogens is 975 g/mol. The summed E-state index contributed by atoms with van der Waals surface area (Å²) in [5, 5.41) is 91.7. The summed E-state index contributed by atoms with van der Waals surface area (Å²) in [6.45, 7) is 6.24. The Balaban J connectivity index is 0.923. The molecule has 6 aromatic rings. The van der Waals surface area contributed by atoms with Crippen LogP contribution in [0, 0.1) is 0 Å². The molecule has 1 saturated heterocycles. The van der Waals surface area contributed by atoms with E-state index in [1.165, 1.54) is 55.0 Å². The second-order valence-corrected chi connectivity index (χ2v) is 18.8. The van der Waals surface area contributed by atoms with E-state index in [1.54, 1.807) is 49.4 Å². The van der Waals surface area contributed by atoms with Crippen LogP contribution < -0.4 is 20.1 Å². The largest absolute Gasteiger partial charge is 0.508 e. The number of ketones is 3. The molecule has 0 radical (unpaired) electrons. The summed E-state index contributed by atoms with van der Waals surface area (Å²) in [5.41, 5.74) is -2.83. The molecule has 0 saturated carbocycles. The van der Waals surface area contributed by atoms with Crippen molar-refractivity contribution in [3.05, 3.63) is 129 Å². The van der Waals surface area contributed by atoms with Gasteiger partial charge in [0.1, 0.15) is 58.6 Å². The number of fused-ring (bicyclic) bond motifs is 3. The lowest BCUT2D eigenvalue weighted by Crippen LogP contribution is -2.55. The summed E-state index contributed by atoms with van der Waals surface area (Å²) in [7, 11) is 1.30. The zero-order valence-corrected chi connectivity index (χ0v) is 41.2. The van der Waals surface area contributed by atoms with Gasteiger partial charge in [-0.15, -0.1) is 10.2 Å². The first kappa shape index (κ1) is 51.7. The molecule has 3 aliphatic rings. The molecule has 2 aliphatic carbocycles. The van der Waals surface area contributed by atoms with Gasteiger partial charge in [0.15, 0.2) is 23.7 Å². The number of amides is 2. The van der Waals surface area contributed by atoms with Crippen LogP contribution in [0.15, 0.2) is 78.9 Å². The summed E-state index contributed by atoms with van der Waals surface area (Å²) in [6.07, 6.45) is -6.59. The van der Waals surface area contributed by atoms with Crippen LogP contribution in [0.4, 0.5) is 0 Å². The van der Waals surface area contributed by atoms with E-state index < -0.39 is 107 Å². The Labute approximate surface area is 427 Å². The third-order valence-corrected chi connectivity index (χ3v) is 13.7. The predicted molar refractivity (Wildman–Crippen MR) is 264 cm³/mol. The van der Waals surface area contributed by atoms with Crippen LogP contribution >= 0.6 is 0 Å². The number of ether oxygens (including phenoxy) is 4. The lowest BCUT2D eigenvalue weighted by Gasteiger charge is -2.43. The number of carbonyl (C=O) groups is 5. The first-order chi connectivity index (χ1) is 35.8. The van der Waals surface area contributed by atoms with Crippen LogP contribution in [0.2, 0.25) is 0 Å². The lowest BCUT2D eigenvalue weighted by atomic mass is 9.72. The van der Waals surface area contributed by atoms with Gasteiger partial charge in [0.05, 0.1) is 47.6 Å². The molecule has 1 fully saturated rings. The van der Waals surface area contributed by atoms with E-state index in [0.717, 1.165) is 0 Å². The van der Waals surface area contributed by atoms with Gasteiger partial charge in [-0.1, -0.05) is 26.0 Å². The molecule has 5 aromatic carbocycles. The molecule has 75 heavy (non-hydrogen) atoms. The van der Waals surface area contributed by atoms with Crippen molar-refractivity contribution >= 4 is 29.2 Å². The minimum absolute atomic E-state index is 0.0403. The molecule has 0 bridgehead atoms. The number of aromatic nitrogens is 3. The third-order valence-electron chi connectivity index (χ3n) is 13.7. The number of Topliss-reactive ketones (excluding diaryl/α,β-unsaturated/α-hetero) is 1. The van der Waals surface area contributed by atoms with Crippen molar-refractivity contribution in [1.82, 2.24) is 25.4 Å². The highest BCUT2D eigenvalue weighted by Gasteiger charge is 2.50. The predicted octanol–water partition coefficient (Wildman–Crippen LogP) is 4.80. The van der Waals surface area contributed by atoms with Gasteiger partial charge in [-0.25, -0.2) is 0 Å². The zero-order chi connectivity index (χ0) is 53.8. The SMILES string of the molecule is CCNC(=O)c1nnc(-c2cc(C(C)C)c(O)cc2O)n1-c1ccc(Oc2ccc(C(=O)NC3CC(O[C@H]4C[C@](O)(C(=O)CO)Cc5c(O)c6c(c(O)c54)C(=O)c4c(OC)cccc4C6=O)OC(C)C3O)cc2)cc1. The summed E-state index contributed by atoms with van der Waals surface area (Å²) in [6, 6.07) is 18.7. The van der Waals surface area contributed by atoms with E-state index in [4.69, 9.17) is 18.9 Å². The van der Waals surface area contributed by atoms with Crippen molar-refractivity contribution in [1.29, 1.82) is 0 Å². The number of aromatic hydroxyl groups is 4. The van der Waals surface area contributed by atoms with Crippen molar-refractivity contribution in [2.75, 3.05) is 20.3 Å². The number of aliphatic hydroxyl groups is 3. The van der Waals surface area contributed by atoms with Crippen molar-refractivity contribution in [2.24, 2.45) is 0 Å². The number of hydrogen-bond acceptors (Lipinski definition) is 18. The highest BCUT2D eigenvalue weighted by molar-refractivity contribution is 6.31. The molecule has 0 spiro atoms. The fourth-order valence-corrected chi connectivity index (χ4v) is 9.91. The van der Waals surface area contributed by atoms with Crippen molar-refractivity contribution in [3.8, 4) is 57.3 Å². The van der Waals surface area contributed by atoms with Gasteiger partial charge < -0.3 is 65.3 Å². The minimum atomic E-state index is -2.39. The number of hydrogen-bond donors (Lipinski definition) is 9. The Morgan fingerprint density at radius 2 is 1.55 bits per heavy atom. The number of methoxy groups -OCH3 is 1. The molecule has 390 valence electrons. The Morgan fingerprint density at radius 1 is 0.867 bits per heavy atom. The lowest BCUT2D eigenvalue weighted by molar-refractivity contribution is -0.249. The molecule has 21 nitrogen and oxygen atoms in total. The number of nitrogens with one attached hydrogen (secondary N) is 2. The summed E-state index contributed by atoms with van der Waals surface area (Å²) in [4.78, 5) is 67.9. The van der Waals surface area contributed by atoms with E-state index in [9.17, 15) is 59.7 Å².